The van der Waals surface area contributed by atoms with E-state index in [1.54, 1.807) is 0 Å². The number of thioether (sulfide) groups is 1. The molecule has 0 bridgehead atoms. The average Bonchev–Trinajstić information content (AvgIpc) is 2.58. The molecule has 0 aromatic heterocycles. The summed E-state index contributed by atoms with van der Waals surface area (Å²) in [6.45, 7) is 2.78. The maximum absolute atomic E-state index is 11.5. The van der Waals surface area contributed by atoms with E-state index in [0.29, 0.717) is 24.5 Å². The second kappa shape index (κ2) is 19.6. The van der Waals surface area contributed by atoms with Gasteiger partial charge in [-0.3, -0.25) is 9.59 Å². The van der Waals surface area contributed by atoms with E-state index in [2.05, 4.69) is 6.92 Å². The Kier molecular flexibility index (Phi) is 19.1. The van der Waals surface area contributed by atoms with E-state index in [0.717, 1.165) is 12.8 Å². The van der Waals surface area contributed by atoms with Gasteiger partial charge in [0.2, 0.25) is 0 Å². The maximum atomic E-state index is 11.5. The number of carboxylic acid groups (broad SMARTS) is 1. The van der Waals surface area contributed by atoms with Gasteiger partial charge in [-0.05, 0) is 6.42 Å². The highest BCUT2D eigenvalue weighted by molar-refractivity contribution is 7.99. The van der Waals surface area contributed by atoms with Gasteiger partial charge in [0.1, 0.15) is 0 Å². The van der Waals surface area contributed by atoms with Crippen molar-refractivity contribution in [3.05, 3.63) is 0 Å². The predicted octanol–water partition coefficient (Wildman–Crippen LogP) is 5.83. The number of aliphatic carboxylic acids is 1. The number of unbranched alkanes of at least 4 members (excludes halogenated alkanes) is 11. The minimum atomic E-state index is -0.790. The van der Waals surface area contributed by atoms with Crippen molar-refractivity contribution in [3.8, 4) is 0 Å². The predicted molar refractivity (Wildman–Crippen MR) is 106 cm³/mol. The van der Waals surface area contributed by atoms with Gasteiger partial charge in [-0.1, -0.05) is 77.6 Å². The summed E-state index contributed by atoms with van der Waals surface area (Å²) in [6.07, 6.45) is 16.1. The van der Waals surface area contributed by atoms with Gasteiger partial charge in [0.15, 0.2) is 0 Å². The average molecular weight is 375 g/mol. The van der Waals surface area contributed by atoms with Gasteiger partial charge in [0.05, 0.1) is 19.4 Å². The molecule has 0 aliphatic carbocycles. The van der Waals surface area contributed by atoms with Crippen molar-refractivity contribution < 1.29 is 19.4 Å². The number of carbonyl (C=O) groups excluding carboxylic acids is 1. The lowest BCUT2D eigenvalue weighted by molar-refractivity contribution is -0.143. The van der Waals surface area contributed by atoms with Crippen molar-refractivity contribution in [2.24, 2.45) is 0 Å². The van der Waals surface area contributed by atoms with E-state index in [1.165, 1.54) is 76.0 Å². The Morgan fingerprint density at radius 1 is 0.760 bits per heavy atom. The van der Waals surface area contributed by atoms with Crippen LogP contribution in [0.5, 0.6) is 0 Å². The summed E-state index contributed by atoms with van der Waals surface area (Å²) in [4.78, 5) is 21.8. The molecule has 0 spiro atoms. The van der Waals surface area contributed by atoms with Gasteiger partial charge in [0, 0.05) is 11.5 Å². The third-order valence-electron chi connectivity index (χ3n) is 4.17. The normalized spacial score (nSPS) is 10.8. The standard InChI is InChI=1S/C20H38O4S/c1-2-3-4-5-6-7-8-9-10-11-12-13-16-24-20(23)15-18-25-17-14-19(21)22/h2-18H2,1H3,(H,21,22). The molecule has 0 aromatic carbocycles. The van der Waals surface area contributed by atoms with Crippen LogP contribution in [-0.4, -0.2) is 35.2 Å². The van der Waals surface area contributed by atoms with Gasteiger partial charge in [-0.2, -0.15) is 11.8 Å². The molecule has 4 nitrogen and oxygen atoms in total. The van der Waals surface area contributed by atoms with Crippen molar-refractivity contribution in [1.82, 2.24) is 0 Å². The molecule has 0 atom stereocenters. The fourth-order valence-electron chi connectivity index (χ4n) is 2.62. The number of carbonyl (C=O) groups is 2. The van der Waals surface area contributed by atoms with Crippen molar-refractivity contribution in [2.45, 2.75) is 96.8 Å². The summed E-state index contributed by atoms with van der Waals surface area (Å²) in [7, 11) is 0. The van der Waals surface area contributed by atoms with Crippen molar-refractivity contribution in [2.75, 3.05) is 18.1 Å². The van der Waals surface area contributed by atoms with E-state index in [4.69, 9.17) is 9.84 Å². The number of hydrogen-bond acceptors (Lipinski definition) is 4. The smallest absolute Gasteiger partial charge is 0.306 e. The fraction of sp³-hybridized carbons (Fsp3) is 0.900. The van der Waals surface area contributed by atoms with Crippen molar-refractivity contribution >= 4 is 23.7 Å². The molecule has 148 valence electrons. The van der Waals surface area contributed by atoms with Crippen LogP contribution in [0.1, 0.15) is 96.8 Å². The molecule has 0 saturated heterocycles. The van der Waals surface area contributed by atoms with E-state index in [9.17, 15) is 9.59 Å². The fourth-order valence-corrected chi connectivity index (χ4v) is 3.45. The Labute approximate surface area is 158 Å². The monoisotopic (exact) mass is 374 g/mol. The van der Waals surface area contributed by atoms with E-state index < -0.39 is 5.97 Å². The molecule has 25 heavy (non-hydrogen) atoms. The number of hydrogen-bond donors (Lipinski definition) is 1. The molecule has 0 aliphatic heterocycles. The molecule has 0 aliphatic rings. The van der Waals surface area contributed by atoms with Crippen LogP contribution in [0.25, 0.3) is 0 Å². The SMILES string of the molecule is CCCCCCCCCCCCCCOC(=O)CCSCCC(=O)O. The van der Waals surface area contributed by atoms with Crippen molar-refractivity contribution in [1.29, 1.82) is 0 Å². The molecule has 1 N–H and O–H groups in total. The van der Waals surface area contributed by atoms with Crippen molar-refractivity contribution in [3.63, 3.8) is 0 Å². The maximum Gasteiger partial charge on any atom is 0.306 e. The van der Waals surface area contributed by atoms with Gasteiger partial charge in [-0.25, -0.2) is 0 Å². The molecular formula is C20H38O4S. The number of ether oxygens (including phenoxy) is 1. The molecule has 0 amide bonds. The number of rotatable bonds is 19. The van der Waals surface area contributed by atoms with Crippen LogP contribution in [0.4, 0.5) is 0 Å². The molecular weight excluding hydrogens is 336 g/mol. The van der Waals surface area contributed by atoms with Crippen LogP contribution in [0, 0.1) is 0 Å². The van der Waals surface area contributed by atoms with E-state index >= 15 is 0 Å². The quantitative estimate of drug-likeness (QED) is 0.228. The third kappa shape index (κ3) is 21.2. The highest BCUT2D eigenvalue weighted by Gasteiger charge is 2.03. The first-order valence-electron chi connectivity index (χ1n) is 10.1. The zero-order chi connectivity index (χ0) is 18.6. The molecule has 0 fully saturated rings. The Balaban J connectivity index is 3.14. The zero-order valence-corrected chi connectivity index (χ0v) is 16.9. The number of esters is 1. The topological polar surface area (TPSA) is 63.6 Å². The lowest BCUT2D eigenvalue weighted by Crippen LogP contribution is -2.07. The second-order valence-electron chi connectivity index (χ2n) is 6.62. The largest absolute Gasteiger partial charge is 0.481 e. The molecule has 0 heterocycles. The minimum Gasteiger partial charge on any atom is -0.481 e. The Bertz CT molecular complexity index is 321. The minimum absolute atomic E-state index is 0.151. The van der Waals surface area contributed by atoms with E-state index in [-0.39, 0.29) is 12.4 Å². The molecule has 0 rings (SSSR count). The van der Waals surface area contributed by atoms with Crippen LogP contribution < -0.4 is 0 Å². The van der Waals surface area contributed by atoms with Crippen LogP contribution in [0.3, 0.4) is 0 Å². The summed E-state index contributed by atoms with van der Waals surface area (Å²) in [5, 5.41) is 8.50. The summed E-state index contributed by atoms with van der Waals surface area (Å²) in [6, 6.07) is 0. The highest BCUT2D eigenvalue weighted by atomic mass is 32.2. The van der Waals surface area contributed by atoms with Gasteiger partial charge >= 0.3 is 11.9 Å². The Morgan fingerprint density at radius 3 is 1.76 bits per heavy atom. The van der Waals surface area contributed by atoms with Crippen LogP contribution in [0.2, 0.25) is 0 Å². The van der Waals surface area contributed by atoms with Crippen LogP contribution >= 0.6 is 11.8 Å². The molecule has 0 unspecified atom stereocenters. The molecule has 5 heteroatoms. The first-order chi connectivity index (χ1) is 12.2. The Morgan fingerprint density at radius 2 is 1.24 bits per heavy atom. The third-order valence-corrected chi connectivity index (χ3v) is 5.16. The summed E-state index contributed by atoms with van der Waals surface area (Å²) < 4.78 is 5.19. The first-order valence-corrected chi connectivity index (χ1v) is 11.3. The lowest BCUT2D eigenvalue weighted by Gasteiger charge is -2.05. The van der Waals surface area contributed by atoms with Gasteiger partial charge in [-0.15, -0.1) is 0 Å². The summed E-state index contributed by atoms with van der Waals surface area (Å²) in [5.74, 6) is 0.249. The zero-order valence-electron chi connectivity index (χ0n) is 16.1. The molecule has 0 saturated carbocycles. The summed E-state index contributed by atoms with van der Waals surface area (Å²) in [5.41, 5.74) is 0. The molecule has 0 radical (unpaired) electrons. The van der Waals surface area contributed by atoms with E-state index in [1.807, 2.05) is 0 Å². The van der Waals surface area contributed by atoms with Crippen LogP contribution in [0.15, 0.2) is 0 Å². The number of carboxylic acids is 1. The van der Waals surface area contributed by atoms with Crippen LogP contribution in [-0.2, 0) is 14.3 Å². The Hall–Kier alpha value is -0.710. The highest BCUT2D eigenvalue weighted by Crippen LogP contribution is 2.12. The molecule has 0 aromatic rings. The first kappa shape index (κ1) is 24.3. The lowest BCUT2D eigenvalue weighted by atomic mass is 10.1. The second-order valence-corrected chi connectivity index (χ2v) is 7.84. The van der Waals surface area contributed by atoms with Gasteiger partial charge < -0.3 is 9.84 Å². The summed E-state index contributed by atoms with van der Waals surface area (Å²) >= 11 is 1.49. The van der Waals surface area contributed by atoms with Gasteiger partial charge in [0.25, 0.3) is 0 Å².